The highest BCUT2D eigenvalue weighted by atomic mass is 16.5. The Kier molecular flexibility index (Phi) is 4.47. The van der Waals surface area contributed by atoms with Crippen molar-refractivity contribution in [2.45, 2.75) is 43.9 Å². The van der Waals surface area contributed by atoms with Gasteiger partial charge in [-0.3, -0.25) is 9.36 Å². The molecule has 1 aromatic heterocycles. The molecule has 2 bridgehead atoms. The number of carbonyl (C=O) groups is 1. The highest BCUT2D eigenvalue weighted by Gasteiger charge is 2.40. The summed E-state index contributed by atoms with van der Waals surface area (Å²) in [5.74, 6) is -0.396. The third-order valence-electron chi connectivity index (χ3n) is 6.49. The largest absolute Gasteiger partial charge is 0.459 e. The molecule has 2 fully saturated rings. The summed E-state index contributed by atoms with van der Waals surface area (Å²) in [7, 11) is 2.16. The molecule has 5 heteroatoms. The summed E-state index contributed by atoms with van der Waals surface area (Å²) in [4.78, 5) is 28.4. The second kappa shape index (κ2) is 7.16. The molecule has 2 saturated heterocycles. The zero-order valence-electron chi connectivity index (χ0n) is 16.5. The topological polar surface area (TPSA) is 51.5 Å². The van der Waals surface area contributed by atoms with E-state index in [1.165, 1.54) is 18.9 Å². The maximum absolute atomic E-state index is 13.1. The Labute approximate surface area is 169 Å². The van der Waals surface area contributed by atoms with Gasteiger partial charge in [-0.05, 0) is 38.1 Å². The Morgan fingerprint density at radius 2 is 1.62 bits per heavy atom. The summed E-state index contributed by atoms with van der Waals surface area (Å²) in [6.45, 7) is 0. The van der Waals surface area contributed by atoms with Crippen molar-refractivity contribution in [2.75, 3.05) is 7.05 Å². The van der Waals surface area contributed by atoms with Gasteiger partial charge >= 0.3 is 5.97 Å². The molecule has 0 amide bonds. The minimum atomic E-state index is -0.396. The smallest absolute Gasteiger partial charge is 0.339 e. The maximum Gasteiger partial charge on any atom is 0.339 e. The lowest BCUT2D eigenvalue weighted by atomic mass is 10.0. The molecule has 3 heterocycles. The number of aromatic nitrogens is 1. The van der Waals surface area contributed by atoms with E-state index in [0.29, 0.717) is 23.2 Å². The van der Waals surface area contributed by atoms with E-state index in [0.717, 1.165) is 23.9 Å². The van der Waals surface area contributed by atoms with Crippen LogP contribution in [0.15, 0.2) is 65.5 Å². The third-order valence-corrected chi connectivity index (χ3v) is 6.49. The number of benzene rings is 2. The minimum absolute atomic E-state index is 0.0773. The van der Waals surface area contributed by atoms with Crippen LogP contribution in [0.25, 0.3) is 16.6 Å². The third kappa shape index (κ3) is 3.15. The molecule has 0 spiro atoms. The number of ether oxygens (including phenoxy) is 1. The SMILES string of the molecule is CN1[C@@H]2CC[C@H]1CC(OC(=O)c1cc(=O)n(-c3ccccc3)c3ccccc13)C2. The second-order valence-electron chi connectivity index (χ2n) is 8.13. The van der Waals surface area contributed by atoms with Gasteiger partial charge < -0.3 is 9.64 Å². The number of esters is 1. The summed E-state index contributed by atoms with van der Waals surface area (Å²) in [5.41, 5.74) is 1.61. The standard InChI is InChI=1S/C24H24N2O3/c1-25-17-11-12-18(25)14-19(13-17)29-24(28)21-15-23(27)26(16-7-3-2-4-8-16)22-10-6-5-9-20(21)22/h2-10,15,17-19H,11-14H2,1H3/t17-,18+,19?. The van der Waals surface area contributed by atoms with E-state index in [2.05, 4.69) is 11.9 Å². The predicted octanol–water partition coefficient (Wildman–Crippen LogP) is 3.77. The van der Waals surface area contributed by atoms with Crippen LogP contribution in [0.5, 0.6) is 0 Å². The lowest BCUT2D eigenvalue weighted by molar-refractivity contribution is -0.000284. The number of fused-ring (bicyclic) bond motifs is 3. The molecule has 29 heavy (non-hydrogen) atoms. The summed E-state index contributed by atoms with van der Waals surface area (Å²) < 4.78 is 7.54. The predicted molar refractivity (Wildman–Crippen MR) is 113 cm³/mol. The van der Waals surface area contributed by atoms with Gasteiger partial charge in [0, 0.05) is 42.1 Å². The van der Waals surface area contributed by atoms with Crippen molar-refractivity contribution in [1.82, 2.24) is 9.47 Å². The van der Waals surface area contributed by atoms with Crippen molar-refractivity contribution in [3.8, 4) is 5.69 Å². The van der Waals surface area contributed by atoms with Gasteiger partial charge in [-0.1, -0.05) is 36.4 Å². The lowest BCUT2D eigenvalue weighted by Crippen LogP contribution is -2.43. The van der Waals surface area contributed by atoms with Crippen LogP contribution in [0.1, 0.15) is 36.0 Å². The van der Waals surface area contributed by atoms with Gasteiger partial charge in [0.1, 0.15) is 6.10 Å². The number of para-hydroxylation sites is 2. The van der Waals surface area contributed by atoms with Crippen molar-refractivity contribution in [2.24, 2.45) is 0 Å². The molecule has 148 valence electrons. The zero-order chi connectivity index (χ0) is 20.0. The number of nitrogens with zero attached hydrogens (tertiary/aromatic N) is 2. The van der Waals surface area contributed by atoms with Crippen molar-refractivity contribution >= 4 is 16.9 Å². The first-order valence-corrected chi connectivity index (χ1v) is 10.2. The molecule has 0 saturated carbocycles. The Bertz CT molecular complexity index is 1110. The quantitative estimate of drug-likeness (QED) is 0.641. The normalized spacial score (nSPS) is 24.0. The van der Waals surface area contributed by atoms with Gasteiger partial charge in [0.25, 0.3) is 5.56 Å². The fourth-order valence-corrected chi connectivity index (χ4v) is 4.97. The average Bonchev–Trinajstić information content (AvgIpc) is 2.94. The van der Waals surface area contributed by atoms with E-state index < -0.39 is 5.97 Å². The Morgan fingerprint density at radius 1 is 0.966 bits per heavy atom. The summed E-state index contributed by atoms with van der Waals surface area (Å²) in [5, 5.41) is 0.733. The van der Waals surface area contributed by atoms with Gasteiger partial charge in [-0.2, -0.15) is 0 Å². The molecule has 0 aliphatic carbocycles. The van der Waals surface area contributed by atoms with Crippen LogP contribution < -0.4 is 5.56 Å². The molecule has 2 aromatic carbocycles. The molecule has 0 radical (unpaired) electrons. The molecule has 3 aromatic rings. The van der Waals surface area contributed by atoms with Crippen LogP contribution in [0.2, 0.25) is 0 Å². The second-order valence-corrected chi connectivity index (χ2v) is 8.13. The van der Waals surface area contributed by atoms with Crippen LogP contribution in [0.4, 0.5) is 0 Å². The summed E-state index contributed by atoms with van der Waals surface area (Å²) in [6, 6.07) is 19.4. The van der Waals surface area contributed by atoms with E-state index >= 15 is 0 Å². The number of piperidine rings is 1. The molecular formula is C24H24N2O3. The van der Waals surface area contributed by atoms with Gasteiger partial charge in [-0.25, -0.2) is 4.79 Å². The van der Waals surface area contributed by atoms with Crippen molar-refractivity contribution < 1.29 is 9.53 Å². The van der Waals surface area contributed by atoms with E-state index in [1.54, 1.807) is 4.57 Å². The maximum atomic E-state index is 13.1. The first-order chi connectivity index (χ1) is 14.1. The molecule has 3 atom stereocenters. The monoisotopic (exact) mass is 388 g/mol. The summed E-state index contributed by atoms with van der Waals surface area (Å²) in [6.07, 6.45) is 4.01. The first-order valence-electron chi connectivity index (χ1n) is 10.2. The zero-order valence-corrected chi connectivity index (χ0v) is 16.5. The molecule has 2 aliphatic heterocycles. The molecule has 0 N–H and O–H groups in total. The Morgan fingerprint density at radius 3 is 2.34 bits per heavy atom. The number of hydrogen-bond donors (Lipinski definition) is 0. The highest BCUT2D eigenvalue weighted by Crippen LogP contribution is 2.36. The number of hydrogen-bond acceptors (Lipinski definition) is 4. The average molecular weight is 388 g/mol. The van der Waals surface area contributed by atoms with Gasteiger partial charge in [-0.15, -0.1) is 0 Å². The van der Waals surface area contributed by atoms with Crippen LogP contribution in [0, 0.1) is 0 Å². The summed E-state index contributed by atoms with van der Waals surface area (Å²) >= 11 is 0. The van der Waals surface area contributed by atoms with Crippen molar-refractivity contribution in [3.05, 3.63) is 76.6 Å². The van der Waals surface area contributed by atoms with E-state index in [4.69, 9.17) is 4.74 Å². The van der Waals surface area contributed by atoms with Gasteiger partial charge in [0.15, 0.2) is 0 Å². The van der Waals surface area contributed by atoms with E-state index in [-0.39, 0.29) is 11.7 Å². The number of rotatable bonds is 3. The molecular weight excluding hydrogens is 364 g/mol. The Balaban J connectivity index is 1.51. The van der Waals surface area contributed by atoms with Crippen molar-refractivity contribution in [1.29, 1.82) is 0 Å². The molecule has 2 aliphatic rings. The van der Waals surface area contributed by atoms with Crippen LogP contribution in [0.3, 0.4) is 0 Å². The van der Waals surface area contributed by atoms with Gasteiger partial charge in [0.2, 0.25) is 0 Å². The number of carbonyl (C=O) groups excluding carboxylic acids is 1. The van der Waals surface area contributed by atoms with Crippen LogP contribution in [-0.4, -0.2) is 40.7 Å². The first kappa shape index (κ1) is 18.1. The lowest BCUT2D eigenvalue weighted by Gasteiger charge is -2.35. The van der Waals surface area contributed by atoms with Crippen molar-refractivity contribution in [3.63, 3.8) is 0 Å². The number of pyridine rings is 1. The fraction of sp³-hybridized carbons (Fsp3) is 0.333. The molecule has 1 unspecified atom stereocenters. The van der Waals surface area contributed by atoms with Crippen LogP contribution >= 0.6 is 0 Å². The molecule has 5 nitrogen and oxygen atoms in total. The highest BCUT2D eigenvalue weighted by molar-refractivity contribution is 6.03. The van der Waals surface area contributed by atoms with E-state index in [9.17, 15) is 9.59 Å². The van der Waals surface area contributed by atoms with Gasteiger partial charge in [0.05, 0.1) is 11.1 Å². The molecule has 5 rings (SSSR count). The minimum Gasteiger partial charge on any atom is -0.459 e. The fourth-order valence-electron chi connectivity index (χ4n) is 4.97. The van der Waals surface area contributed by atoms with Crippen LogP contribution in [-0.2, 0) is 4.74 Å². The van der Waals surface area contributed by atoms with E-state index in [1.807, 2.05) is 54.6 Å². The Hall–Kier alpha value is -2.92.